The molecule has 3 aromatic rings. The van der Waals surface area contributed by atoms with Crippen LogP contribution >= 0.6 is 0 Å². The van der Waals surface area contributed by atoms with Gasteiger partial charge in [0, 0.05) is 18.9 Å². The van der Waals surface area contributed by atoms with Gasteiger partial charge in [-0.15, -0.1) is 0 Å². The van der Waals surface area contributed by atoms with Crippen molar-refractivity contribution in [2.45, 2.75) is 16.5 Å². The summed E-state index contributed by atoms with van der Waals surface area (Å²) in [6.45, 7) is 0.327. The number of nitrogens with one attached hydrogen (secondary N) is 2. The second-order valence-corrected chi connectivity index (χ2v) is 7.27. The van der Waals surface area contributed by atoms with Gasteiger partial charge in [0.2, 0.25) is 9.84 Å². The minimum atomic E-state index is -3.68. The van der Waals surface area contributed by atoms with Crippen LogP contribution in [0.1, 0.15) is 5.56 Å². The van der Waals surface area contributed by atoms with Gasteiger partial charge in [-0.3, -0.25) is 4.98 Å². The zero-order valence-electron chi connectivity index (χ0n) is 13.7. The van der Waals surface area contributed by atoms with Crippen LogP contribution in [0.15, 0.2) is 83.1 Å². The predicted molar refractivity (Wildman–Crippen MR) is 96.2 cm³/mol. The molecular weight excluding hydrogens is 352 g/mol. The first kappa shape index (κ1) is 17.6. The highest BCUT2D eigenvalue weighted by molar-refractivity contribution is 7.91. The van der Waals surface area contributed by atoms with E-state index in [1.54, 1.807) is 36.7 Å². The summed E-state index contributed by atoms with van der Waals surface area (Å²) >= 11 is 0. The third kappa shape index (κ3) is 4.22. The molecule has 1 aromatic carbocycles. The average molecular weight is 368 g/mol. The fraction of sp³-hybridized carbons (Fsp3) is 0.0556. The van der Waals surface area contributed by atoms with E-state index in [-0.39, 0.29) is 9.92 Å². The van der Waals surface area contributed by atoms with E-state index in [0.29, 0.717) is 12.2 Å². The molecule has 8 heteroatoms. The minimum Gasteiger partial charge on any atom is -0.334 e. The number of hydrogen-bond acceptors (Lipinski definition) is 5. The molecule has 0 spiro atoms. The lowest BCUT2D eigenvalue weighted by Crippen LogP contribution is -2.28. The van der Waals surface area contributed by atoms with Crippen molar-refractivity contribution in [2.75, 3.05) is 5.32 Å². The summed E-state index contributed by atoms with van der Waals surface area (Å²) in [5.74, 6) is 0. The van der Waals surface area contributed by atoms with Crippen molar-refractivity contribution in [3.05, 3.63) is 78.8 Å². The van der Waals surface area contributed by atoms with Gasteiger partial charge >= 0.3 is 6.03 Å². The lowest BCUT2D eigenvalue weighted by Gasteiger charge is -2.08. The number of carbonyl (C=O) groups excluding carboxylic acids is 1. The second-order valence-electron chi connectivity index (χ2n) is 5.37. The van der Waals surface area contributed by atoms with Crippen molar-refractivity contribution >= 4 is 21.6 Å². The largest absolute Gasteiger partial charge is 0.334 e. The Morgan fingerprint density at radius 1 is 0.962 bits per heavy atom. The Morgan fingerprint density at radius 2 is 1.77 bits per heavy atom. The number of sulfone groups is 1. The van der Waals surface area contributed by atoms with Crippen molar-refractivity contribution < 1.29 is 13.2 Å². The van der Waals surface area contributed by atoms with E-state index in [9.17, 15) is 13.2 Å². The summed E-state index contributed by atoms with van der Waals surface area (Å²) in [5, 5.41) is 5.21. The molecule has 26 heavy (non-hydrogen) atoms. The molecule has 0 aliphatic heterocycles. The number of benzene rings is 1. The number of carbonyl (C=O) groups is 1. The third-order valence-electron chi connectivity index (χ3n) is 3.50. The quantitative estimate of drug-likeness (QED) is 0.721. The molecule has 2 N–H and O–H groups in total. The molecule has 2 heterocycles. The highest BCUT2D eigenvalue weighted by Gasteiger charge is 2.18. The third-order valence-corrected chi connectivity index (χ3v) is 5.18. The van der Waals surface area contributed by atoms with E-state index >= 15 is 0 Å². The Morgan fingerprint density at radius 3 is 2.42 bits per heavy atom. The van der Waals surface area contributed by atoms with E-state index in [1.807, 2.05) is 6.07 Å². The molecule has 7 nitrogen and oxygen atoms in total. The van der Waals surface area contributed by atoms with Crippen LogP contribution in [0.25, 0.3) is 0 Å². The monoisotopic (exact) mass is 368 g/mol. The standard InChI is InChI=1S/C18H16N4O3S/c23-18(21-12-14-5-4-10-19-11-14)22-15-8-9-17(20-13-15)26(24,25)16-6-2-1-3-7-16/h1-11,13H,12H2,(H2,21,22,23). The molecule has 0 aliphatic rings. The van der Waals surface area contributed by atoms with Crippen LogP contribution < -0.4 is 10.6 Å². The number of aromatic nitrogens is 2. The van der Waals surface area contributed by atoms with Crippen LogP contribution in [0.2, 0.25) is 0 Å². The first-order chi connectivity index (χ1) is 12.6. The molecule has 0 radical (unpaired) electrons. The summed E-state index contributed by atoms with van der Waals surface area (Å²) in [5.41, 5.74) is 1.26. The van der Waals surface area contributed by atoms with Crippen LogP contribution in [0, 0.1) is 0 Å². The summed E-state index contributed by atoms with van der Waals surface area (Å²) in [4.78, 5) is 20.0. The molecule has 2 amide bonds. The molecule has 0 saturated carbocycles. The first-order valence-electron chi connectivity index (χ1n) is 7.76. The summed E-state index contributed by atoms with van der Waals surface area (Å²) < 4.78 is 24.9. The van der Waals surface area contributed by atoms with E-state index in [0.717, 1.165) is 5.56 Å². The number of urea groups is 1. The Balaban J connectivity index is 1.63. The molecule has 0 atom stereocenters. The number of nitrogens with zero attached hydrogens (tertiary/aromatic N) is 2. The van der Waals surface area contributed by atoms with Gasteiger partial charge < -0.3 is 10.6 Å². The van der Waals surface area contributed by atoms with Gasteiger partial charge in [0.1, 0.15) is 0 Å². The van der Waals surface area contributed by atoms with E-state index in [2.05, 4.69) is 20.6 Å². The fourth-order valence-electron chi connectivity index (χ4n) is 2.19. The maximum absolute atomic E-state index is 12.5. The molecule has 3 rings (SSSR count). The Kier molecular flexibility index (Phi) is 5.23. The molecule has 0 fully saturated rings. The van der Waals surface area contributed by atoms with Crippen molar-refractivity contribution in [3.8, 4) is 0 Å². The number of pyridine rings is 2. The summed E-state index contributed by atoms with van der Waals surface area (Å²) in [6.07, 6.45) is 4.62. The predicted octanol–water partition coefficient (Wildman–Crippen LogP) is 2.63. The van der Waals surface area contributed by atoms with Crippen LogP contribution in [0.5, 0.6) is 0 Å². The van der Waals surface area contributed by atoms with E-state index in [4.69, 9.17) is 0 Å². The van der Waals surface area contributed by atoms with E-state index < -0.39 is 15.9 Å². The first-order valence-corrected chi connectivity index (χ1v) is 9.24. The van der Waals surface area contributed by atoms with Gasteiger partial charge in [0.25, 0.3) is 0 Å². The van der Waals surface area contributed by atoms with Crippen molar-refractivity contribution in [2.24, 2.45) is 0 Å². The number of rotatable bonds is 5. The van der Waals surface area contributed by atoms with Crippen molar-refractivity contribution in [3.63, 3.8) is 0 Å². The van der Waals surface area contributed by atoms with Gasteiger partial charge in [0.15, 0.2) is 5.03 Å². The Labute approximate surface area is 151 Å². The molecule has 0 saturated heterocycles. The smallest absolute Gasteiger partial charge is 0.319 e. The SMILES string of the molecule is O=C(NCc1cccnc1)Nc1ccc(S(=O)(=O)c2ccccc2)nc1. The van der Waals surface area contributed by atoms with Crippen molar-refractivity contribution in [1.29, 1.82) is 0 Å². The topological polar surface area (TPSA) is 101 Å². The molecule has 0 bridgehead atoms. The second kappa shape index (κ2) is 7.75. The van der Waals surface area contributed by atoms with Gasteiger partial charge in [0.05, 0.1) is 16.8 Å². The summed E-state index contributed by atoms with van der Waals surface area (Å²) in [6, 6.07) is 14.1. The van der Waals surface area contributed by atoms with Gasteiger partial charge in [-0.05, 0) is 35.9 Å². The lowest BCUT2D eigenvalue weighted by atomic mass is 10.3. The minimum absolute atomic E-state index is 0.0787. The molecule has 0 unspecified atom stereocenters. The Hall–Kier alpha value is -3.26. The van der Waals surface area contributed by atoms with Crippen LogP contribution in [0.4, 0.5) is 10.5 Å². The molecule has 2 aromatic heterocycles. The van der Waals surface area contributed by atoms with Crippen LogP contribution in [0.3, 0.4) is 0 Å². The number of amides is 2. The number of anilines is 1. The molecule has 132 valence electrons. The normalized spacial score (nSPS) is 10.9. The van der Waals surface area contributed by atoms with Crippen LogP contribution in [-0.2, 0) is 16.4 Å². The van der Waals surface area contributed by atoms with Gasteiger partial charge in [-0.25, -0.2) is 18.2 Å². The fourth-order valence-corrected chi connectivity index (χ4v) is 3.39. The maximum atomic E-state index is 12.5. The van der Waals surface area contributed by atoms with Crippen molar-refractivity contribution in [1.82, 2.24) is 15.3 Å². The van der Waals surface area contributed by atoms with Gasteiger partial charge in [-0.2, -0.15) is 0 Å². The highest BCUT2D eigenvalue weighted by atomic mass is 32.2. The molecular formula is C18H16N4O3S. The zero-order chi connectivity index (χ0) is 18.4. The van der Waals surface area contributed by atoms with Crippen LogP contribution in [-0.4, -0.2) is 24.4 Å². The lowest BCUT2D eigenvalue weighted by molar-refractivity contribution is 0.251. The summed E-state index contributed by atoms with van der Waals surface area (Å²) in [7, 11) is -3.68. The Bertz CT molecular complexity index is 976. The van der Waals surface area contributed by atoms with Gasteiger partial charge in [-0.1, -0.05) is 24.3 Å². The van der Waals surface area contributed by atoms with E-state index in [1.165, 1.54) is 30.5 Å². The number of hydrogen-bond donors (Lipinski definition) is 2. The maximum Gasteiger partial charge on any atom is 0.319 e. The average Bonchev–Trinajstić information content (AvgIpc) is 2.68. The highest BCUT2D eigenvalue weighted by Crippen LogP contribution is 2.19. The zero-order valence-corrected chi connectivity index (χ0v) is 14.5. The molecule has 0 aliphatic carbocycles.